The Morgan fingerprint density at radius 1 is 0.950 bits per heavy atom. The second-order valence-electron chi connectivity index (χ2n) is 5.67. The summed E-state index contributed by atoms with van der Waals surface area (Å²) in [6, 6.07) is 13.2. The first-order valence-electron chi connectivity index (χ1n) is 7.34. The van der Waals surface area contributed by atoms with Crippen molar-refractivity contribution in [1.29, 1.82) is 0 Å². The number of rotatable bonds is 3. The van der Waals surface area contributed by atoms with Gasteiger partial charge in [-0.05, 0) is 66.5 Å². The van der Waals surface area contributed by atoms with E-state index in [-0.39, 0.29) is 11.9 Å². The minimum atomic E-state index is -0.198. The highest BCUT2D eigenvalue weighted by molar-refractivity contribution is 5.35. The summed E-state index contributed by atoms with van der Waals surface area (Å²) in [5.74, 6) is -0.198. The van der Waals surface area contributed by atoms with Crippen molar-refractivity contribution in [3.05, 3.63) is 70.5 Å². The summed E-state index contributed by atoms with van der Waals surface area (Å²) in [6.45, 7) is 0. The van der Waals surface area contributed by atoms with Gasteiger partial charge in [-0.25, -0.2) is 4.39 Å². The first-order chi connectivity index (χ1) is 9.72. The Labute approximate surface area is 119 Å². The Morgan fingerprint density at radius 2 is 1.65 bits per heavy atom. The Balaban J connectivity index is 1.76. The van der Waals surface area contributed by atoms with Crippen LogP contribution in [0, 0.1) is 5.82 Å². The molecule has 1 nitrogen and oxygen atoms in total. The van der Waals surface area contributed by atoms with Crippen LogP contribution < -0.4 is 5.73 Å². The monoisotopic (exact) mass is 269 g/mol. The maximum absolute atomic E-state index is 12.9. The predicted octanol–water partition coefficient (Wildman–Crippen LogP) is 3.95. The zero-order valence-corrected chi connectivity index (χ0v) is 11.6. The Kier molecular flexibility index (Phi) is 3.83. The van der Waals surface area contributed by atoms with Crippen LogP contribution in [0.5, 0.6) is 0 Å². The molecule has 0 aliphatic heterocycles. The van der Waals surface area contributed by atoms with Crippen LogP contribution in [0.2, 0.25) is 0 Å². The molecule has 0 fully saturated rings. The molecule has 0 amide bonds. The second-order valence-corrected chi connectivity index (χ2v) is 5.67. The van der Waals surface area contributed by atoms with E-state index in [0.717, 1.165) is 12.0 Å². The summed E-state index contributed by atoms with van der Waals surface area (Å²) in [7, 11) is 0. The van der Waals surface area contributed by atoms with Gasteiger partial charge in [0.25, 0.3) is 0 Å². The van der Waals surface area contributed by atoms with Crippen LogP contribution in [-0.2, 0) is 19.3 Å². The molecule has 1 unspecified atom stereocenters. The quantitative estimate of drug-likeness (QED) is 0.897. The van der Waals surface area contributed by atoms with Gasteiger partial charge in [0.05, 0.1) is 0 Å². The van der Waals surface area contributed by atoms with Crippen molar-refractivity contribution in [2.24, 2.45) is 5.73 Å². The third-order valence-electron chi connectivity index (χ3n) is 4.17. The normalized spacial score (nSPS) is 15.7. The van der Waals surface area contributed by atoms with Crippen molar-refractivity contribution in [3.8, 4) is 0 Å². The van der Waals surface area contributed by atoms with Crippen LogP contribution in [0.1, 0.15) is 41.1 Å². The summed E-state index contributed by atoms with van der Waals surface area (Å²) in [4.78, 5) is 0. The summed E-state index contributed by atoms with van der Waals surface area (Å²) in [6.07, 6.45) is 5.70. The van der Waals surface area contributed by atoms with E-state index in [1.54, 1.807) is 0 Å². The standard InChI is InChI=1S/C18H20FN/c19-17-9-5-13(6-10-17)11-18(20)16-8-7-14-3-1-2-4-15(14)12-16/h5-10,12,18H,1-4,11,20H2. The Bertz CT molecular complexity index is 589. The van der Waals surface area contributed by atoms with Gasteiger partial charge in [0.1, 0.15) is 5.82 Å². The highest BCUT2D eigenvalue weighted by Gasteiger charge is 2.13. The topological polar surface area (TPSA) is 26.0 Å². The molecular weight excluding hydrogens is 249 g/mol. The maximum Gasteiger partial charge on any atom is 0.123 e. The molecule has 0 aromatic heterocycles. The molecule has 0 heterocycles. The van der Waals surface area contributed by atoms with Crippen molar-refractivity contribution in [2.75, 3.05) is 0 Å². The molecule has 1 aliphatic rings. The lowest BCUT2D eigenvalue weighted by Gasteiger charge is -2.19. The molecule has 0 bridgehead atoms. The largest absolute Gasteiger partial charge is 0.324 e. The fraction of sp³-hybridized carbons (Fsp3) is 0.333. The van der Waals surface area contributed by atoms with Gasteiger partial charge in [-0.1, -0.05) is 30.3 Å². The SMILES string of the molecule is NC(Cc1ccc(F)cc1)c1ccc2c(c1)CCCC2. The van der Waals surface area contributed by atoms with Crippen molar-refractivity contribution < 1.29 is 4.39 Å². The molecule has 0 saturated carbocycles. The van der Waals surface area contributed by atoms with Gasteiger partial charge in [0.2, 0.25) is 0 Å². The van der Waals surface area contributed by atoms with Gasteiger partial charge in [-0.3, -0.25) is 0 Å². The smallest absolute Gasteiger partial charge is 0.123 e. The first kappa shape index (κ1) is 13.3. The van der Waals surface area contributed by atoms with Crippen LogP contribution in [0.3, 0.4) is 0 Å². The number of nitrogens with two attached hydrogens (primary N) is 1. The van der Waals surface area contributed by atoms with E-state index in [1.165, 1.54) is 54.5 Å². The van der Waals surface area contributed by atoms with E-state index in [9.17, 15) is 4.39 Å². The minimum absolute atomic E-state index is 0.0207. The second kappa shape index (κ2) is 5.76. The number of fused-ring (bicyclic) bond motifs is 1. The van der Waals surface area contributed by atoms with E-state index in [2.05, 4.69) is 18.2 Å². The Hall–Kier alpha value is -1.67. The summed E-state index contributed by atoms with van der Waals surface area (Å²) < 4.78 is 12.9. The van der Waals surface area contributed by atoms with Crippen LogP contribution in [-0.4, -0.2) is 0 Å². The molecule has 2 aromatic carbocycles. The fourth-order valence-corrected chi connectivity index (χ4v) is 2.98. The van der Waals surface area contributed by atoms with Gasteiger partial charge in [0, 0.05) is 6.04 Å². The Morgan fingerprint density at radius 3 is 2.40 bits per heavy atom. The molecule has 1 aliphatic carbocycles. The molecule has 0 radical (unpaired) electrons. The van der Waals surface area contributed by atoms with E-state index < -0.39 is 0 Å². The highest BCUT2D eigenvalue weighted by atomic mass is 19.1. The van der Waals surface area contributed by atoms with Gasteiger partial charge in [-0.15, -0.1) is 0 Å². The van der Waals surface area contributed by atoms with Crippen LogP contribution in [0.4, 0.5) is 4.39 Å². The first-order valence-corrected chi connectivity index (χ1v) is 7.34. The number of aryl methyl sites for hydroxylation is 2. The average molecular weight is 269 g/mol. The molecule has 20 heavy (non-hydrogen) atoms. The van der Waals surface area contributed by atoms with E-state index >= 15 is 0 Å². The van der Waals surface area contributed by atoms with Crippen LogP contribution in [0.25, 0.3) is 0 Å². The lowest BCUT2D eigenvalue weighted by Crippen LogP contribution is -2.14. The predicted molar refractivity (Wildman–Crippen MR) is 80.1 cm³/mol. The summed E-state index contributed by atoms with van der Waals surface area (Å²) >= 11 is 0. The van der Waals surface area contributed by atoms with E-state index in [0.29, 0.717) is 0 Å². The van der Waals surface area contributed by atoms with Gasteiger partial charge >= 0.3 is 0 Å². The molecule has 2 aromatic rings. The average Bonchev–Trinajstić information content (AvgIpc) is 2.49. The number of halogens is 1. The number of hydrogen-bond acceptors (Lipinski definition) is 1. The fourth-order valence-electron chi connectivity index (χ4n) is 2.98. The van der Waals surface area contributed by atoms with Crippen molar-refractivity contribution >= 4 is 0 Å². The van der Waals surface area contributed by atoms with Crippen molar-refractivity contribution in [2.45, 2.75) is 38.1 Å². The van der Waals surface area contributed by atoms with Gasteiger partial charge in [-0.2, -0.15) is 0 Å². The van der Waals surface area contributed by atoms with Crippen LogP contribution >= 0.6 is 0 Å². The highest BCUT2D eigenvalue weighted by Crippen LogP contribution is 2.25. The third kappa shape index (κ3) is 2.91. The van der Waals surface area contributed by atoms with Gasteiger partial charge in [0.15, 0.2) is 0 Å². The molecule has 2 heteroatoms. The summed E-state index contributed by atoms with van der Waals surface area (Å²) in [5.41, 5.74) is 11.5. The van der Waals surface area contributed by atoms with Crippen molar-refractivity contribution in [1.82, 2.24) is 0 Å². The van der Waals surface area contributed by atoms with Gasteiger partial charge < -0.3 is 5.73 Å². The van der Waals surface area contributed by atoms with E-state index in [4.69, 9.17) is 5.73 Å². The molecule has 104 valence electrons. The lowest BCUT2D eigenvalue weighted by molar-refractivity contribution is 0.625. The minimum Gasteiger partial charge on any atom is -0.324 e. The maximum atomic E-state index is 12.9. The lowest BCUT2D eigenvalue weighted by atomic mass is 9.88. The van der Waals surface area contributed by atoms with Crippen LogP contribution in [0.15, 0.2) is 42.5 Å². The summed E-state index contributed by atoms with van der Waals surface area (Å²) in [5, 5.41) is 0. The molecule has 2 N–H and O–H groups in total. The molecule has 0 saturated heterocycles. The molecule has 0 spiro atoms. The zero-order valence-electron chi connectivity index (χ0n) is 11.6. The van der Waals surface area contributed by atoms with E-state index in [1.807, 2.05) is 12.1 Å². The number of hydrogen-bond donors (Lipinski definition) is 1. The molecule has 1 atom stereocenters. The zero-order chi connectivity index (χ0) is 13.9. The van der Waals surface area contributed by atoms with Crippen molar-refractivity contribution in [3.63, 3.8) is 0 Å². The molecule has 3 rings (SSSR count). The third-order valence-corrected chi connectivity index (χ3v) is 4.17. The molecular formula is C18H20FN. The number of benzene rings is 2.